The van der Waals surface area contributed by atoms with Gasteiger partial charge in [-0.1, -0.05) is 6.07 Å². The van der Waals surface area contributed by atoms with Crippen LogP contribution in [-0.2, 0) is 9.57 Å². The van der Waals surface area contributed by atoms with Gasteiger partial charge in [0.25, 0.3) is 0 Å². The Morgan fingerprint density at radius 2 is 2.17 bits per heavy atom. The molecule has 2 unspecified atom stereocenters. The minimum Gasteiger partial charge on any atom is -0.427 e. The molecule has 0 amide bonds. The first-order chi connectivity index (χ1) is 10.8. The zero-order chi connectivity index (χ0) is 17.0. The van der Waals surface area contributed by atoms with Gasteiger partial charge in [0.15, 0.2) is 0 Å². The maximum atomic E-state index is 11.7. The summed E-state index contributed by atoms with van der Waals surface area (Å²) in [4.78, 5) is 21.2. The standard InChI is InChI=1S/C16H24N2O4S/c1-16(2,3)21-15(20)22-18-8-7-12(13(19)10-18)11-5-6-14(23-4)17-9-11/h5-6,9,12-13,19H,7-8,10H2,1-4H3. The number of carbonyl (C=O) groups is 1. The van der Waals surface area contributed by atoms with Crippen molar-refractivity contribution in [2.75, 3.05) is 19.3 Å². The molecule has 1 saturated heterocycles. The van der Waals surface area contributed by atoms with Crippen LogP contribution in [0.1, 0.15) is 38.7 Å². The number of carbonyl (C=O) groups excluding carboxylic acids is 1. The number of aliphatic hydroxyl groups is 1. The number of ether oxygens (including phenoxy) is 1. The molecule has 1 aromatic heterocycles. The number of rotatable bonds is 3. The minimum atomic E-state index is -0.742. The van der Waals surface area contributed by atoms with Crippen molar-refractivity contribution in [2.24, 2.45) is 0 Å². The number of nitrogens with zero attached hydrogens (tertiary/aromatic N) is 2. The van der Waals surface area contributed by atoms with E-state index in [1.54, 1.807) is 32.5 Å². The van der Waals surface area contributed by atoms with Crippen molar-refractivity contribution in [3.05, 3.63) is 23.9 Å². The SMILES string of the molecule is CSc1ccc(C2CCN(OC(=O)OC(C)(C)C)CC2O)cn1. The first kappa shape index (κ1) is 18.0. The predicted molar refractivity (Wildman–Crippen MR) is 88.3 cm³/mol. The molecule has 0 radical (unpaired) electrons. The van der Waals surface area contributed by atoms with E-state index in [9.17, 15) is 9.90 Å². The fraction of sp³-hybridized carbons (Fsp3) is 0.625. The Morgan fingerprint density at radius 1 is 1.43 bits per heavy atom. The van der Waals surface area contributed by atoms with Crippen LogP contribution in [0.2, 0.25) is 0 Å². The molecule has 23 heavy (non-hydrogen) atoms. The molecule has 7 heteroatoms. The molecule has 0 aromatic carbocycles. The van der Waals surface area contributed by atoms with Gasteiger partial charge < -0.3 is 14.7 Å². The number of piperidine rings is 1. The van der Waals surface area contributed by atoms with Gasteiger partial charge in [0.2, 0.25) is 0 Å². The molecule has 0 saturated carbocycles. The van der Waals surface area contributed by atoms with Crippen LogP contribution >= 0.6 is 11.8 Å². The average molecular weight is 340 g/mol. The third kappa shape index (κ3) is 5.37. The third-order valence-electron chi connectivity index (χ3n) is 3.53. The summed E-state index contributed by atoms with van der Waals surface area (Å²) in [6.07, 6.45) is 3.11. The van der Waals surface area contributed by atoms with Gasteiger partial charge >= 0.3 is 6.16 Å². The lowest BCUT2D eigenvalue weighted by atomic mass is 9.89. The molecule has 0 spiro atoms. The number of hydroxylamine groups is 2. The van der Waals surface area contributed by atoms with E-state index in [1.807, 2.05) is 24.6 Å². The largest absolute Gasteiger partial charge is 0.528 e. The van der Waals surface area contributed by atoms with Crippen molar-refractivity contribution in [2.45, 2.75) is 49.8 Å². The molecule has 0 aliphatic carbocycles. The van der Waals surface area contributed by atoms with Crippen LogP contribution in [0.25, 0.3) is 0 Å². The predicted octanol–water partition coefficient (Wildman–Crippen LogP) is 2.82. The lowest BCUT2D eigenvalue weighted by molar-refractivity contribution is -0.170. The molecule has 2 atom stereocenters. The highest BCUT2D eigenvalue weighted by Crippen LogP contribution is 2.29. The van der Waals surface area contributed by atoms with E-state index in [2.05, 4.69) is 4.98 Å². The summed E-state index contributed by atoms with van der Waals surface area (Å²) in [7, 11) is 0. The van der Waals surface area contributed by atoms with Gasteiger partial charge in [-0.05, 0) is 45.1 Å². The zero-order valence-electron chi connectivity index (χ0n) is 14.0. The second kappa shape index (κ2) is 7.51. The molecule has 2 heterocycles. The second-order valence-corrected chi connectivity index (χ2v) is 7.37. The Hall–Kier alpha value is -1.31. The normalized spacial score (nSPS) is 22.7. The van der Waals surface area contributed by atoms with Crippen molar-refractivity contribution < 1.29 is 19.5 Å². The summed E-state index contributed by atoms with van der Waals surface area (Å²) in [6, 6.07) is 3.95. The Balaban J connectivity index is 1.90. The Morgan fingerprint density at radius 3 is 2.70 bits per heavy atom. The summed E-state index contributed by atoms with van der Waals surface area (Å²) in [6.45, 7) is 6.14. The van der Waals surface area contributed by atoms with Crippen molar-refractivity contribution in [1.29, 1.82) is 0 Å². The van der Waals surface area contributed by atoms with Gasteiger partial charge in [-0.15, -0.1) is 16.8 Å². The summed E-state index contributed by atoms with van der Waals surface area (Å²) >= 11 is 1.58. The maximum Gasteiger partial charge on any atom is 0.528 e. The minimum absolute atomic E-state index is 0.00288. The topological polar surface area (TPSA) is 71.9 Å². The van der Waals surface area contributed by atoms with E-state index in [-0.39, 0.29) is 12.5 Å². The van der Waals surface area contributed by atoms with E-state index in [4.69, 9.17) is 9.57 Å². The van der Waals surface area contributed by atoms with Gasteiger partial charge in [-0.25, -0.2) is 9.78 Å². The van der Waals surface area contributed by atoms with Gasteiger partial charge in [0.05, 0.1) is 17.7 Å². The lowest BCUT2D eigenvalue weighted by Gasteiger charge is -2.34. The molecule has 128 valence electrons. The molecular weight excluding hydrogens is 316 g/mol. The van der Waals surface area contributed by atoms with Gasteiger partial charge in [-0.3, -0.25) is 0 Å². The summed E-state index contributed by atoms with van der Waals surface area (Å²) in [5, 5.41) is 12.8. The van der Waals surface area contributed by atoms with Crippen LogP contribution in [0.3, 0.4) is 0 Å². The van der Waals surface area contributed by atoms with Crippen LogP contribution in [0.5, 0.6) is 0 Å². The number of β-amino-alcohol motifs (C(OH)–C–C–N with tert-alkyl or cyclic N) is 1. The number of hydrogen-bond acceptors (Lipinski definition) is 7. The molecule has 1 aromatic rings. The monoisotopic (exact) mass is 340 g/mol. The quantitative estimate of drug-likeness (QED) is 0.670. The van der Waals surface area contributed by atoms with E-state index < -0.39 is 17.9 Å². The van der Waals surface area contributed by atoms with Gasteiger partial charge in [0.1, 0.15) is 5.60 Å². The van der Waals surface area contributed by atoms with Crippen LogP contribution in [0.4, 0.5) is 4.79 Å². The number of hydrogen-bond donors (Lipinski definition) is 1. The molecule has 1 aliphatic heterocycles. The van der Waals surface area contributed by atoms with E-state index >= 15 is 0 Å². The number of aromatic nitrogens is 1. The fourth-order valence-corrected chi connectivity index (χ4v) is 2.84. The van der Waals surface area contributed by atoms with Gasteiger partial charge in [-0.2, -0.15) is 0 Å². The summed E-state index contributed by atoms with van der Waals surface area (Å²) < 4.78 is 5.12. The van der Waals surface area contributed by atoms with E-state index in [0.717, 1.165) is 10.6 Å². The van der Waals surface area contributed by atoms with Crippen LogP contribution in [-0.4, -0.2) is 52.4 Å². The Bertz CT molecular complexity index is 530. The average Bonchev–Trinajstić information content (AvgIpc) is 2.45. The highest BCUT2D eigenvalue weighted by molar-refractivity contribution is 7.98. The van der Waals surface area contributed by atoms with Gasteiger partial charge in [0, 0.05) is 18.7 Å². The molecule has 1 fully saturated rings. The van der Waals surface area contributed by atoms with Crippen molar-refractivity contribution in [3.63, 3.8) is 0 Å². The Kier molecular flexibility index (Phi) is 5.89. The lowest BCUT2D eigenvalue weighted by Crippen LogP contribution is -2.44. The smallest absolute Gasteiger partial charge is 0.427 e. The highest BCUT2D eigenvalue weighted by atomic mass is 32.2. The third-order valence-corrected chi connectivity index (χ3v) is 4.19. The molecule has 6 nitrogen and oxygen atoms in total. The van der Waals surface area contributed by atoms with E-state index in [1.165, 1.54) is 5.06 Å². The van der Waals surface area contributed by atoms with Crippen LogP contribution in [0.15, 0.2) is 23.4 Å². The number of thioether (sulfide) groups is 1. The Labute approximate surface area is 141 Å². The van der Waals surface area contributed by atoms with Crippen LogP contribution < -0.4 is 0 Å². The first-order valence-corrected chi connectivity index (χ1v) is 8.85. The molecule has 0 bridgehead atoms. The summed E-state index contributed by atoms with van der Waals surface area (Å²) in [5.74, 6) is -0.00288. The molecule has 1 aliphatic rings. The maximum absolute atomic E-state index is 11.7. The van der Waals surface area contributed by atoms with E-state index in [0.29, 0.717) is 13.0 Å². The number of aliphatic hydroxyl groups excluding tert-OH is 1. The molecule has 2 rings (SSSR count). The fourth-order valence-electron chi connectivity index (χ4n) is 2.48. The molecular formula is C16H24N2O4S. The molecule has 1 N–H and O–H groups in total. The second-order valence-electron chi connectivity index (χ2n) is 6.54. The van der Waals surface area contributed by atoms with Crippen LogP contribution in [0, 0.1) is 0 Å². The first-order valence-electron chi connectivity index (χ1n) is 7.62. The van der Waals surface area contributed by atoms with Crippen molar-refractivity contribution in [3.8, 4) is 0 Å². The summed E-state index contributed by atoms with van der Waals surface area (Å²) in [5.41, 5.74) is 0.408. The van der Waals surface area contributed by atoms with Crippen molar-refractivity contribution >= 4 is 17.9 Å². The van der Waals surface area contributed by atoms with Crippen molar-refractivity contribution in [1.82, 2.24) is 10.0 Å². The number of pyridine rings is 1. The highest BCUT2D eigenvalue weighted by Gasteiger charge is 2.32. The zero-order valence-corrected chi connectivity index (χ0v) is 14.8.